The fraction of sp³-hybridized carbons (Fsp3) is 0.923. The standard InChI is InChI=1S/C13H24N2O2/c1-13(2,3)17-12(16)15(10-6-7-10)11-5-4-8-14-9-11/h10-11,14H,4-9H2,1-3H3/t11-/m0/s1. The lowest BCUT2D eigenvalue weighted by Crippen LogP contribution is -2.51. The highest BCUT2D eigenvalue weighted by molar-refractivity contribution is 5.69. The van der Waals surface area contributed by atoms with E-state index in [0.29, 0.717) is 12.1 Å². The number of ether oxygens (including phenoxy) is 1. The van der Waals surface area contributed by atoms with Crippen LogP contribution in [0.4, 0.5) is 4.79 Å². The Balaban J connectivity index is 1.98. The van der Waals surface area contributed by atoms with Gasteiger partial charge in [-0.1, -0.05) is 0 Å². The topological polar surface area (TPSA) is 41.6 Å². The zero-order chi connectivity index (χ0) is 12.5. The van der Waals surface area contributed by atoms with Crippen molar-refractivity contribution in [1.29, 1.82) is 0 Å². The van der Waals surface area contributed by atoms with Crippen LogP contribution in [0.25, 0.3) is 0 Å². The van der Waals surface area contributed by atoms with Crippen LogP contribution in [0.2, 0.25) is 0 Å². The molecule has 4 heteroatoms. The zero-order valence-corrected chi connectivity index (χ0v) is 11.2. The number of carbonyl (C=O) groups excluding carboxylic acids is 1. The maximum Gasteiger partial charge on any atom is 0.410 e. The van der Waals surface area contributed by atoms with Gasteiger partial charge in [0.25, 0.3) is 0 Å². The van der Waals surface area contributed by atoms with Gasteiger partial charge in [-0.25, -0.2) is 4.79 Å². The Labute approximate surface area is 104 Å². The second kappa shape index (κ2) is 4.84. The van der Waals surface area contributed by atoms with E-state index in [1.165, 1.54) is 0 Å². The minimum Gasteiger partial charge on any atom is -0.444 e. The van der Waals surface area contributed by atoms with Crippen molar-refractivity contribution >= 4 is 6.09 Å². The van der Waals surface area contributed by atoms with Crippen molar-refractivity contribution in [3.8, 4) is 0 Å². The molecule has 0 bridgehead atoms. The molecule has 1 heterocycles. The van der Waals surface area contributed by atoms with Crippen molar-refractivity contribution in [2.24, 2.45) is 0 Å². The lowest BCUT2D eigenvalue weighted by molar-refractivity contribution is 0.0114. The summed E-state index contributed by atoms with van der Waals surface area (Å²) in [5.74, 6) is 0. The molecule has 17 heavy (non-hydrogen) atoms. The molecule has 0 aromatic rings. The molecular formula is C13H24N2O2. The predicted octanol–water partition coefficient (Wildman–Crippen LogP) is 2.14. The van der Waals surface area contributed by atoms with E-state index in [0.717, 1.165) is 38.8 Å². The zero-order valence-electron chi connectivity index (χ0n) is 11.2. The van der Waals surface area contributed by atoms with E-state index in [2.05, 4.69) is 5.32 Å². The molecule has 1 atom stereocenters. The molecule has 0 radical (unpaired) electrons. The first kappa shape index (κ1) is 12.7. The van der Waals surface area contributed by atoms with Gasteiger partial charge < -0.3 is 15.0 Å². The van der Waals surface area contributed by atoms with Gasteiger partial charge in [0.05, 0.1) is 0 Å². The fourth-order valence-corrected chi connectivity index (χ4v) is 2.33. The Morgan fingerprint density at radius 3 is 2.41 bits per heavy atom. The largest absolute Gasteiger partial charge is 0.444 e. The van der Waals surface area contributed by atoms with Gasteiger partial charge in [-0.15, -0.1) is 0 Å². The summed E-state index contributed by atoms with van der Waals surface area (Å²) in [6.07, 6.45) is 4.39. The number of piperidine rings is 1. The summed E-state index contributed by atoms with van der Waals surface area (Å²) in [5, 5.41) is 3.37. The molecule has 2 rings (SSSR count). The third-order valence-electron chi connectivity index (χ3n) is 3.21. The lowest BCUT2D eigenvalue weighted by atomic mass is 10.1. The monoisotopic (exact) mass is 240 g/mol. The lowest BCUT2D eigenvalue weighted by Gasteiger charge is -2.36. The van der Waals surface area contributed by atoms with Crippen LogP contribution in [0.3, 0.4) is 0 Å². The van der Waals surface area contributed by atoms with Crippen LogP contribution in [-0.2, 0) is 4.74 Å². The van der Waals surface area contributed by atoms with E-state index < -0.39 is 5.60 Å². The van der Waals surface area contributed by atoms with Crippen LogP contribution in [0.5, 0.6) is 0 Å². The van der Waals surface area contributed by atoms with Gasteiger partial charge in [0.15, 0.2) is 0 Å². The second-order valence-corrected chi connectivity index (χ2v) is 6.12. The van der Waals surface area contributed by atoms with Gasteiger partial charge in [-0.3, -0.25) is 0 Å². The molecule has 1 amide bonds. The maximum absolute atomic E-state index is 12.2. The summed E-state index contributed by atoms with van der Waals surface area (Å²) in [5.41, 5.74) is -0.397. The van der Waals surface area contributed by atoms with Crippen LogP contribution >= 0.6 is 0 Å². The van der Waals surface area contributed by atoms with Crippen molar-refractivity contribution in [1.82, 2.24) is 10.2 Å². The smallest absolute Gasteiger partial charge is 0.410 e. The molecule has 2 fully saturated rings. The van der Waals surface area contributed by atoms with Crippen molar-refractivity contribution in [2.75, 3.05) is 13.1 Å². The number of amides is 1. The van der Waals surface area contributed by atoms with E-state index in [-0.39, 0.29) is 6.09 Å². The number of carbonyl (C=O) groups is 1. The van der Waals surface area contributed by atoms with Crippen molar-refractivity contribution in [2.45, 2.75) is 64.1 Å². The highest BCUT2D eigenvalue weighted by Gasteiger charge is 2.39. The fourth-order valence-electron chi connectivity index (χ4n) is 2.33. The summed E-state index contributed by atoms with van der Waals surface area (Å²) in [6.45, 7) is 7.76. The van der Waals surface area contributed by atoms with Crippen LogP contribution in [-0.4, -0.2) is 41.8 Å². The molecule has 0 aromatic carbocycles. The summed E-state index contributed by atoms with van der Waals surface area (Å²) in [7, 11) is 0. The van der Waals surface area contributed by atoms with Gasteiger partial charge in [0, 0.05) is 18.6 Å². The molecule has 0 spiro atoms. The van der Waals surface area contributed by atoms with Gasteiger partial charge in [0.1, 0.15) is 5.60 Å². The van der Waals surface area contributed by atoms with Crippen molar-refractivity contribution in [3.05, 3.63) is 0 Å². The molecule has 1 aliphatic carbocycles. The Hall–Kier alpha value is -0.770. The third kappa shape index (κ3) is 3.60. The van der Waals surface area contributed by atoms with Crippen LogP contribution < -0.4 is 5.32 Å². The van der Waals surface area contributed by atoms with E-state index in [4.69, 9.17) is 4.74 Å². The number of hydrogen-bond donors (Lipinski definition) is 1. The SMILES string of the molecule is CC(C)(C)OC(=O)N(C1CC1)[C@H]1CCCNC1. The molecule has 1 N–H and O–H groups in total. The average molecular weight is 240 g/mol. The van der Waals surface area contributed by atoms with E-state index in [1.54, 1.807) is 0 Å². The molecule has 4 nitrogen and oxygen atoms in total. The normalized spacial score (nSPS) is 25.5. The predicted molar refractivity (Wildman–Crippen MR) is 67.0 cm³/mol. The number of nitrogens with one attached hydrogen (secondary N) is 1. The number of nitrogens with zero attached hydrogens (tertiary/aromatic N) is 1. The first-order valence-corrected chi connectivity index (χ1v) is 6.69. The average Bonchev–Trinajstić information content (AvgIpc) is 3.01. The van der Waals surface area contributed by atoms with Crippen LogP contribution in [0, 0.1) is 0 Å². The van der Waals surface area contributed by atoms with E-state index in [1.807, 2.05) is 25.7 Å². The Morgan fingerprint density at radius 1 is 1.24 bits per heavy atom. The first-order valence-electron chi connectivity index (χ1n) is 6.69. The van der Waals surface area contributed by atoms with E-state index in [9.17, 15) is 4.79 Å². The van der Waals surface area contributed by atoms with Gasteiger partial charge in [-0.05, 0) is 53.0 Å². The molecule has 1 saturated heterocycles. The number of hydrogen-bond acceptors (Lipinski definition) is 3. The molecule has 98 valence electrons. The quantitative estimate of drug-likeness (QED) is 0.804. The van der Waals surface area contributed by atoms with Gasteiger partial charge in [-0.2, -0.15) is 0 Å². The Morgan fingerprint density at radius 2 is 1.94 bits per heavy atom. The third-order valence-corrected chi connectivity index (χ3v) is 3.21. The summed E-state index contributed by atoms with van der Waals surface area (Å²) in [6, 6.07) is 0.751. The van der Waals surface area contributed by atoms with Crippen molar-refractivity contribution < 1.29 is 9.53 Å². The highest BCUT2D eigenvalue weighted by atomic mass is 16.6. The van der Waals surface area contributed by atoms with Crippen LogP contribution in [0.1, 0.15) is 46.5 Å². The Bertz CT molecular complexity index is 276. The second-order valence-electron chi connectivity index (χ2n) is 6.12. The molecule has 2 aliphatic rings. The molecular weight excluding hydrogens is 216 g/mol. The molecule has 0 unspecified atom stereocenters. The minimum absolute atomic E-state index is 0.131. The first-order chi connectivity index (χ1) is 7.97. The molecule has 1 saturated carbocycles. The number of rotatable bonds is 2. The van der Waals surface area contributed by atoms with Crippen LogP contribution in [0.15, 0.2) is 0 Å². The highest BCUT2D eigenvalue weighted by Crippen LogP contribution is 2.31. The molecule has 0 aromatic heterocycles. The van der Waals surface area contributed by atoms with Gasteiger partial charge in [0.2, 0.25) is 0 Å². The van der Waals surface area contributed by atoms with E-state index >= 15 is 0 Å². The summed E-state index contributed by atoms with van der Waals surface area (Å²) in [4.78, 5) is 14.2. The summed E-state index contributed by atoms with van der Waals surface area (Å²) < 4.78 is 5.51. The Kier molecular flexibility index (Phi) is 3.61. The summed E-state index contributed by atoms with van der Waals surface area (Å²) >= 11 is 0. The molecule has 1 aliphatic heterocycles. The minimum atomic E-state index is -0.397. The van der Waals surface area contributed by atoms with Gasteiger partial charge >= 0.3 is 6.09 Å². The van der Waals surface area contributed by atoms with Crippen molar-refractivity contribution in [3.63, 3.8) is 0 Å². The maximum atomic E-state index is 12.2.